The molecule has 162 valence electrons. The van der Waals surface area contributed by atoms with E-state index in [4.69, 9.17) is 4.18 Å². The van der Waals surface area contributed by atoms with Gasteiger partial charge in [-0.2, -0.15) is 0 Å². The van der Waals surface area contributed by atoms with Crippen molar-refractivity contribution in [2.75, 3.05) is 0 Å². The van der Waals surface area contributed by atoms with E-state index >= 15 is 0 Å². The molecule has 1 aromatic rings. The summed E-state index contributed by atoms with van der Waals surface area (Å²) in [7, 11) is 0. The Kier molecular flexibility index (Phi) is 24.0. The Labute approximate surface area is 162 Å². The van der Waals surface area contributed by atoms with Crippen molar-refractivity contribution in [3.05, 3.63) is 30.3 Å². The first-order valence-electron chi connectivity index (χ1n) is 8.73. The molecule has 0 bridgehead atoms. The Morgan fingerprint density at radius 2 is 1.52 bits per heavy atom. The van der Waals surface area contributed by atoms with Crippen molar-refractivity contribution in [2.45, 2.75) is 69.6 Å². The monoisotopic (exact) mass is 420 g/mol. The van der Waals surface area contributed by atoms with Crippen molar-refractivity contribution in [1.82, 2.24) is 0 Å². The summed E-state index contributed by atoms with van der Waals surface area (Å²) in [6.07, 6.45) is 11.1. The summed E-state index contributed by atoms with van der Waals surface area (Å²) in [4.78, 5) is 13.1. The molecule has 1 aliphatic rings. The van der Waals surface area contributed by atoms with Gasteiger partial charge in [-0.3, -0.25) is 28.3 Å². The molecule has 0 radical (unpaired) electrons. The molecule has 0 atom stereocenters. The molecule has 8 heteroatoms. The zero-order valence-electron chi connectivity index (χ0n) is 15.7. The number of carbonyl (C=O) groups excluding carboxylic acids is 1. The van der Waals surface area contributed by atoms with Gasteiger partial charge in [-0.25, -0.2) is 0 Å². The minimum Gasteiger partial charge on any atom is -0.386 e. The van der Waals surface area contributed by atoms with E-state index in [1.807, 2.05) is 30.3 Å². The highest BCUT2D eigenvalue weighted by Crippen LogP contribution is 2.34. The Morgan fingerprint density at radius 3 is 2.07 bits per heavy atom. The molecule has 27 heavy (non-hydrogen) atoms. The van der Waals surface area contributed by atoms with E-state index in [1.54, 1.807) is 0 Å². The first-order valence-corrected chi connectivity index (χ1v) is 9.47. The molecule has 0 saturated heterocycles. The van der Waals surface area contributed by atoms with E-state index in [-0.39, 0.29) is 35.4 Å². The van der Waals surface area contributed by atoms with Crippen LogP contribution >= 0.6 is 12.0 Å². The zero-order chi connectivity index (χ0) is 15.6. The van der Waals surface area contributed by atoms with Crippen LogP contribution in [0.25, 0.3) is 0 Å². The largest absolute Gasteiger partial charge is 0.386 e. The molecule has 1 aliphatic carbocycles. The van der Waals surface area contributed by atoms with Crippen molar-refractivity contribution in [3.63, 3.8) is 0 Å². The van der Waals surface area contributed by atoms with Gasteiger partial charge in [0, 0.05) is 4.90 Å². The number of carbonyl (C=O) groups is 1. The third-order valence-electron chi connectivity index (χ3n) is 4.61. The minimum absolute atomic E-state index is 0. The number of benzene rings is 1. The average Bonchev–Trinajstić information content (AvgIpc) is 2.58. The summed E-state index contributed by atoms with van der Waals surface area (Å²) in [6, 6.07) is 9.81. The first-order chi connectivity index (χ1) is 10.8. The maximum Gasteiger partial charge on any atom is 0.321 e. The van der Waals surface area contributed by atoms with Crippen LogP contribution in [0.5, 0.6) is 0 Å². The maximum absolute atomic E-state index is 12.1. The maximum atomic E-state index is 12.1. The van der Waals surface area contributed by atoms with Gasteiger partial charge in [0.2, 0.25) is 0 Å². The molecule has 0 N–H and O–H groups in total. The lowest BCUT2D eigenvalue weighted by molar-refractivity contribution is -0.138. The Bertz CT molecular complexity index is 443. The topological polar surface area (TPSA) is 26.3 Å². The van der Waals surface area contributed by atoms with Crippen molar-refractivity contribution in [3.8, 4) is 0 Å². The highest BCUT2D eigenvalue weighted by molar-refractivity contribution is 7.95. The molecule has 1 aromatic carbocycles. The lowest BCUT2D eigenvalue weighted by atomic mass is 9.80. The van der Waals surface area contributed by atoms with Crippen molar-refractivity contribution in [2.24, 2.45) is 11.8 Å². The number of unbranched alkanes of at least 4 members (excludes halogenated alkanes) is 3. The Morgan fingerprint density at radius 1 is 0.926 bits per heavy atom. The molecule has 1 saturated carbocycles. The number of hydrogen-bond acceptors (Lipinski definition) is 3. The van der Waals surface area contributed by atoms with Gasteiger partial charge < -0.3 is 4.18 Å². The predicted octanol–water partition coefficient (Wildman–Crippen LogP) is 6.78. The predicted molar refractivity (Wildman–Crippen MR) is 105 cm³/mol. The average molecular weight is 421 g/mol. The second-order valence-electron chi connectivity index (χ2n) is 6.37. The molecule has 0 spiro atoms. The minimum atomic E-state index is -0.0294. The summed E-state index contributed by atoms with van der Waals surface area (Å²) in [5.41, 5.74) is 0. The molecule has 0 unspecified atom stereocenters. The van der Waals surface area contributed by atoms with Crippen molar-refractivity contribution in [1.29, 1.82) is 0 Å². The van der Waals surface area contributed by atoms with Crippen LogP contribution < -0.4 is 0 Å². The second kappa shape index (κ2) is 19.5. The summed E-state index contributed by atoms with van der Waals surface area (Å²) in [5, 5.41) is 0. The van der Waals surface area contributed by atoms with E-state index in [9.17, 15) is 4.79 Å². The van der Waals surface area contributed by atoms with Crippen LogP contribution in [0.4, 0.5) is 23.5 Å². The summed E-state index contributed by atoms with van der Waals surface area (Å²) >= 11 is 1.19. The van der Waals surface area contributed by atoms with E-state index in [2.05, 4.69) is 6.92 Å². The summed E-state index contributed by atoms with van der Waals surface area (Å²) in [5.74, 6) is 0.920. The highest BCUT2D eigenvalue weighted by atomic mass is 32.2. The molecular formula is C19H33F5O2S. The quantitative estimate of drug-likeness (QED) is 0.263. The first kappa shape index (κ1) is 33.3. The molecule has 2 rings (SSSR count). The van der Waals surface area contributed by atoms with Crippen molar-refractivity contribution >= 4 is 18.0 Å². The molecule has 0 heterocycles. The van der Waals surface area contributed by atoms with E-state index < -0.39 is 0 Å². The van der Waals surface area contributed by atoms with Crippen LogP contribution in [-0.2, 0) is 8.98 Å². The fraction of sp³-hybridized carbons (Fsp3) is 0.632. The van der Waals surface area contributed by atoms with Crippen molar-refractivity contribution < 1.29 is 32.5 Å². The molecule has 1 fully saturated rings. The normalized spacial score (nSPS) is 17.5. The molecule has 0 aliphatic heterocycles. The van der Waals surface area contributed by atoms with Crippen LogP contribution in [-0.4, -0.2) is 5.97 Å². The standard InChI is InChI=1S/C19H28O2S.5FH/c1-2-3-4-6-9-16-12-14-17(15-13-16)19(20)21-22-18-10-7-5-8-11-18;;;;;/h5,7-8,10-11,16-17H,2-4,6,9,12-15H2,1H3;5*1H. The van der Waals surface area contributed by atoms with Crippen LogP contribution in [0.2, 0.25) is 0 Å². The lowest BCUT2D eigenvalue weighted by Gasteiger charge is -2.26. The Balaban J connectivity index is -0.000000529. The van der Waals surface area contributed by atoms with Crippen LogP contribution in [0.3, 0.4) is 0 Å². The van der Waals surface area contributed by atoms with Gasteiger partial charge in [-0.15, -0.1) is 0 Å². The van der Waals surface area contributed by atoms with E-state index in [0.717, 1.165) is 23.7 Å². The molecule has 2 nitrogen and oxygen atoms in total. The van der Waals surface area contributed by atoms with Gasteiger partial charge in [0.1, 0.15) is 0 Å². The van der Waals surface area contributed by atoms with Gasteiger partial charge in [0.15, 0.2) is 0 Å². The Hall–Kier alpha value is -1.31. The zero-order valence-corrected chi connectivity index (χ0v) is 16.5. The molecular weight excluding hydrogens is 387 g/mol. The van der Waals surface area contributed by atoms with E-state index in [0.29, 0.717) is 0 Å². The molecule has 0 aromatic heterocycles. The third-order valence-corrected chi connectivity index (χ3v) is 5.32. The second-order valence-corrected chi connectivity index (χ2v) is 7.17. The third kappa shape index (κ3) is 12.7. The lowest BCUT2D eigenvalue weighted by Crippen LogP contribution is -2.22. The number of rotatable bonds is 8. The smallest absolute Gasteiger partial charge is 0.321 e. The van der Waals surface area contributed by atoms with Crippen LogP contribution in [0.15, 0.2) is 35.2 Å². The van der Waals surface area contributed by atoms with Gasteiger partial charge in [0.05, 0.1) is 18.0 Å². The SMILES string of the molecule is CCCCCCC1CCC(C(=O)OSc2ccccc2)CC1.F.F.F.F.F. The fourth-order valence-corrected chi connectivity index (χ4v) is 3.76. The fourth-order valence-electron chi connectivity index (χ4n) is 3.18. The number of halogens is 5. The highest BCUT2D eigenvalue weighted by Gasteiger charge is 2.27. The number of hydrogen-bond donors (Lipinski definition) is 0. The van der Waals surface area contributed by atoms with E-state index in [1.165, 1.54) is 57.0 Å². The summed E-state index contributed by atoms with van der Waals surface area (Å²) < 4.78 is 5.39. The van der Waals surface area contributed by atoms with Gasteiger partial charge in [-0.05, 0) is 43.7 Å². The van der Waals surface area contributed by atoms with Gasteiger partial charge in [-0.1, -0.05) is 57.2 Å². The van der Waals surface area contributed by atoms with Gasteiger partial charge >= 0.3 is 5.97 Å². The van der Waals surface area contributed by atoms with Crippen LogP contribution in [0, 0.1) is 11.8 Å². The summed E-state index contributed by atoms with van der Waals surface area (Å²) in [6.45, 7) is 2.25. The van der Waals surface area contributed by atoms with Crippen LogP contribution in [0.1, 0.15) is 64.7 Å². The molecule has 0 amide bonds. The van der Waals surface area contributed by atoms with Gasteiger partial charge in [0.25, 0.3) is 0 Å².